The van der Waals surface area contributed by atoms with Gasteiger partial charge in [0.15, 0.2) is 11.4 Å². The van der Waals surface area contributed by atoms with Crippen LogP contribution in [0.25, 0.3) is 0 Å². The molecule has 0 spiro atoms. The number of nitrogens with zero attached hydrogens (tertiary/aromatic N) is 1. The molecule has 90 valence electrons. The fourth-order valence-electron chi connectivity index (χ4n) is 0.888. The molecule has 0 saturated heterocycles. The summed E-state index contributed by atoms with van der Waals surface area (Å²) in [6.45, 7) is 0. The highest BCUT2D eigenvalue weighted by molar-refractivity contribution is 5.54. The van der Waals surface area contributed by atoms with Crippen LogP contribution < -0.4 is 10.5 Å². The van der Waals surface area contributed by atoms with Crippen LogP contribution in [0.1, 0.15) is 5.69 Å². The fourth-order valence-corrected chi connectivity index (χ4v) is 0.888. The predicted octanol–water partition coefficient (Wildman–Crippen LogP) is 2.58. The second-order valence-electron chi connectivity index (χ2n) is 2.62. The zero-order chi connectivity index (χ0) is 12.6. The molecular weight excluding hydrogens is 242 g/mol. The molecular formula is C7H4F6N2O. The molecule has 0 saturated carbocycles. The molecule has 0 aliphatic rings. The summed E-state index contributed by atoms with van der Waals surface area (Å²) in [7, 11) is 0. The minimum Gasteiger partial charge on any atom is -0.401 e. The van der Waals surface area contributed by atoms with E-state index < -0.39 is 29.7 Å². The van der Waals surface area contributed by atoms with Crippen molar-refractivity contribution in [1.82, 2.24) is 4.98 Å². The van der Waals surface area contributed by atoms with Crippen LogP contribution in [0.5, 0.6) is 5.75 Å². The number of anilines is 1. The molecule has 0 amide bonds. The largest absolute Gasteiger partial charge is 0.573 e. The minimum absolute atomic E-state index is 0.640. The van der Waals surface area contributed by atoms with Gasteiger partial charge < -0.3 is 10.5 Å². The minimum atomic E-state index is -5.27. The summed E-state index contributed by atoms with van der Waals surface area (Å²) < 4.78 is 75.3. The first-order chi connectivity index (χ1) is 7.11. The number of hydrogen-bond acceptors (Lipinski definition) is 3. The Bertz CT molecular complexity index is 385. The van der Waals surface area contributed by atoms with E-state index >= 15 is 0 Å². The number of hydrogen-bond donors (Lipinski definition) is 1. The van der Waals surface area contributed by atoms with E-state index in [-0.39, 0.29) is 0 Å². The maximum absolute atomic E-state index is 12.2. The molecule has 0 aromatic carbocycles. The van der Waals surface area contributed by atoms with Gasteiger partial charge in [-0.3, -0.25) is 0 Å². The van der Waals surface area contributed by atoms with E-state index in [1.807, 2.05) is 0 Å². The van der Waals surface area contributed by atoms with Gasteiger partial charge in [0.1, 0.15) is 0 Å². The van der Waals surface area contributed by atoms with E-state index in [9.17, 15) is 26.3 Å². The Balaban J connectivity index is 3.25. The van der Waals surface area contributed by atoms with Crippen molar-refractivity contribution in [3.8, 4) is 5.75 Å². The third-order valence-corrected chi connectivity index (χ3v) is 1.42. The number of ether oxygens (including phenoxy) is 1. The quantitative estimate of drug-likeness (QED) is 0.774. The molecule has 0 aliphatic carbocycles. The van der Waals surface area contributed by atoms with Crippen molar-refractivity contribution >= 4 is 5.69 Å². The summed E-state index contributed by atoms with van der Waals surface area (Å²) in [6, 6.07) is 0.774. The van der Waals surface area contributed by atoms with Crippen molar-refractivity contribution in [2.75, 3.05) is 5.73 Å². The van der Waals surface area contributed by atoms with Crippen molar-refractivity contribution in [1.29, 1.82) is 0 Å². The Morgan fingerprint density at radius 1 is 1.12 bits per heavy atom. The van der Waals surface area contributed by atoms with E-state index in [4.69, 9.17) is 5.73 Å². The molecule has 0 atom stereocenters. The molecule has 0 unspecified atom stereocenters. The van der Waals surface area contributed by atoms with Crippen LogP contribution in [0.2, 0.25) is 0 Å². The van der Waals surface area contributed by atoms with Crippen molar-refractivity contribution in [3.63, 3.8) is 0 Å². The maximum Gasteiger partial charge on any atom is 0.573 e. The van der Waals surface area contributed by atoms with Gasteiger partial charge >= 0.3 is 12.5 Å². The summed E-state index contributed by atoms with van der Waals surface area (Å²) >= 11 is 0. The molecule has 3 nitrogen and oxygen atoms in total. The summed E-state index contributed by atoms with van der Waals surface area (Å²) in [5.41, 5.74) is 2.35. The third-order valence-electron chi connectivity index (χ3n) is 1.42. The molecule has 1 rings (SSSR count). The first-order valence-corrected chi connectivity index (χ1v) is 3.68. The Morgan fingerprint density at radius 2 is 1.69 bits per heavy atom. The third kappa shape index (κ3) is 2.91. The zero-order valence-electron chi connectivity index (χ0n) is 7.36. The van der Waals surface area contributed by atoms with Gasteiger partial charge in [-0.1, -0.05) is 0 Å². The van der Waals surface area contributed by atoms with Gasteiger partial charge in [0, 0.05) is 6.20 Å². The number of nitrogens with two attached hydrogens (primary N) is 1. The van der Waals surface area contributed by atoms with Crippen LogP contribution in [-0.2, 0) is 6.18 Å². The Hall–Kier alpha value is -1.67. The highest BCUT2D eigenvalue weighted by atomic mass is 19.4. The van der Waals surface area contributed by atoms with Gasteiger partial charge in [-0.25, -0.2) is 4.98 Å². The number of halogens is 6. The second-order valence-corrected chi connectivity index (χ2v) is 2.62. The average molecular weight is 246 g/mol. The molecule has 0 fully saturated rings. The lowest BCUT2D eigenvalue weighted by Gasteiger charge is -2.15. The number of rotatable bonds is 1. The van der Waals surface area contributed by atoms with Crippen LogP contribution >= 0.6 is 0 Å². The van der Waals surface area contributed by atoms with Gasteiger partial charge in [-0.15, -0.1) is 13.2 Å². The summed E-state index contributed by atoms with van der Waals surface area (Å²) in [4.78, 5) is 2.76. The molecule has 1 heterocycles. The zero-order valence-corrected chi connectivity index (χ0v) is 7.36. The van der Waals surface area contributed by atoms with Crippen molar-refractivity contribution in [2.45, 2.75) is 12.5 Å². The van der Waals surface area contributed by atoms with E-state index in [0.29, 0.717) is 6.20 Å². The van der Waals surface area contributed by atoms with Crippen molar-refractivity contribution < 1.29 is 31.1 Å². The Labute approximate surface area is 84.8 Å². The van der Waals surface area contributed by atoms with Crippen LogP contribution in [0, 0.1) is 0 Å². The maximum atomic E-state index is 12.2. The fraction of sp³-hybridized carbons (Fsp3) is 0.286. The first-order valence-electron chi connectivity index (χ1n) is 3.68. The smallest absolute Gasteiger partial charge is 0.401 e. The molecule has 0 aliphatic heterocycles. The number of alkyl halides is 6. The summed E-state index contributed by atoms with van der Waals surface area (Å²) in [5.74, 6) is -1.54. The average Bonchev–Trinajstić information content (AvgIpc) is 2.04. The van der Waals surface area contributed by atoms with Crippen LogP contribution in [0.4, 0.5) is 32.0 Å². The van der Waals surface area contributed by atoms with Crippen LogP contribution in [-0.4, -0.2) is 11.3 Å². The van der Waals surface area contributed by atoms with E-state index in [0.717, 1.165) is 6.07 Å². The second kappa shape index (κ2) is 3.72. The normalized spacial score (nSPS) is 12.6. The Morgan fingerprint density at radius 3 is 2.12 bits per heavy atom. The van der Waals surface area contributed by atoms with Gasteiger partial charge in [0.05, 0.1) is 5.69 Å². The lowest BCUT2D eigenvalue weighted by Crippen LogP contribution is -2.22. The lowest BCUT2D eigenvalue weighted by molar-refractivity contribution is -0.276. The Kier molecular flexibility index (Phi) is 2.89. The lowest BCUT2D eigenvalue weighted by atomic mass is 10.3. The van der Waals surface area contributed by atoms with Gasteiger partial charge in [-0.2, -0.15) is 13.2 Å². The van der Waals surface area contributed by atoms with Crippen LogP contribution in [0.3, 0.4) is 0 Å². The number of pyridine rings is 1. The molecule has 0 radical (unpaired) electrons. The molecule has 9 heteroatoms. The van der Waals surface area contributed by atoms with Crippen LogP contribution in [0.15, 0.2) is 12.3 Å². The van der Waals surface area contributed by atoms with Crippen molar-refractivity contribution in [3.05, 3.63) is 18.0 Å². The summed E-state index contributed by atoms with van der Waals surface area (Å²) in [5, 5.41) is 0. The van der Waals surface area contributed by atoms with E-state index in [2.05, 4.69) is 9.72 Å². The molecule has 0 bridgehead atoms. The highest BCUT2D eigenvalue weighted by Gasteiger charge is 2.41. The molecule has 16 heavy (non-hydrogen) atoms. The topological polar surface area (TPSA) is 48.1 Å². The standard InChI is InChI=1S/C7H4F6N2O/c8-6(9,10)5-4(16-7(11,12)13)3(14)1-2-15-5/h1-2H,(H2,14,15). The molecule has 2 N–H and O–H groups in total. The van der Waals surface area contributed by atoms with Gasteiger partial charge in [-0.05, 0) is 6.07 Å². The number of nitrogen functional groups attached to an aromatic ring is 1. The van der Waals surface area contributed by atoms with E-state index in [1.54, 1.807) is 0 Å². The van der Waals surface area contributed by atoms with Crippen molar-refractivity contribution in [2.24, 2.45) is 0 Å². The predicted molar refractivity (Wildman–Crippen MR) is 40.3 cm³/mol. The number of aromatic nitrogens is 1. The summed E-state index contributed by atoms with van der Waals surface area (Å²) in [6.07, 6.45) is -9.70. The van der Waals surface area contributed by atoms with Gasteiger partial charge in [0.25, 0.3) is 0 Å². The van der Waals surface area contributed by atoms with E-state index in [1.165, 1.54) is 0 Å². The van der Waals surface area contributed by atoms with Gasteiger partial charge in [0.2, 0.25) is 0 Å². The highest BCUT2D eigenvalue weighted by Crippen LogP contribution is 2.39. The molecule has 1 aromatic rings. The monoisotopic (exact) mass is 246 g/mol. The SMILES string of the molecule is Nc1ccnc(C(F)(F)F)c1OC(F)(F)F. The molecule has 1 aromatic heterocycles. The first kappa shape index (κ1) is 12.4.